The molecule has 3 aromatic rings. The molecule has 4 nitrogen and oxygen atoms in total. The van der Waals surface area contributed by atoms with E-state index in [2.05, 4.69) is 18.7 Å². The van der Waals surface area contributed by atoms with Gasteiger partial charge in [0.05, 0.1) is 5.56 Å². The van der Waals surface area contributed by atoms with Crippen LogP contribution in [0.5, 0.6) is 5.75 Å². The van der Waals surface area contributed by atoms with Crippen molar-refractivity contribution in [2.45, 2.75) is 13.8 Å². The first-order chi connectivity index (χ1) is 12.2. The molecule has 25 heavy (non-hydrogen) atoms. The quantitative estimate of drug-likeness (QED) is 0.607. The third-order valence-corrected chi connectivity index (χ3v) is 4.36. The Morgan fingerprint density at radius 3 is 2.48 bits per heavy atom. The molecular formula is C21H23NO3. The Morgan fingerprint density at radius 1 is 1.00 bits per heavy atom. The van der Waals surface area contributed by atoms with E-state index >= 15 is 0 Å². The number of benzene rings is 2. The van der Waals surface area contributed by atoms with Crippen molar-refractivity contribution in [3.63, 3.8) is 0 Å². The van der Waals surface area contributed by atoms with Crippen LogP contribution < -0.4 is 10.4 Å². The van der Waals surface area contributed by atoms with E-state index in [0.29, 0.717) is 17.8 Å². The molecule has 3 rings (SSSR count). The Kier molecular flexibility index (Phi) is 5.51. The standard InChI is InChI=1S/C21H23NO3/c1-3-22(4-2)12-13-24-18-11-10-17-14-19(16-8-6-5-7-9-16)21(23)25-20(17)15-18/h5-11,14-15H,3-4,12-13H2,1-2H3. The minimum absolute atomic E-state index is 0.334. The smallest absolute Gasteiger partial charge is 0.344 e. The lowest BCUT2D eigenvalue weighted by atomic mass is 10.1. The molecule has 0 spiro atoms. The average Bonchev–Trinajstić information content (AvgIpc) is 2.65. The van der Waals surface area contributed by atoms with Crippen LogP contribution in [0.25, 0.3) is 22.1 Å². The molecule has 0 aliphatic carbocycles. The van der Waals surface area contributed by atoms with Crippen molar-refractivity contribution >= 4 is 11.0 Å². The number of hydrogen-bond acceptors (Lipinski definition) is 4. The highest BCUT2D eigenvalue weighted by Crippen LogP contribution is 2.24. The Balaban J connectivity index is 1.81. The van der Waals surface area contributed by atoms with Crippen LogP contribution in [0.2, 0.25) is 0 Å². The molecule has 0 amide bonds. The van der Waals surface area contributed by atoms with Crippen molar-refractivity contribution in [1.82, 2.24) is 4.90 Å². The van der Waals surface area contributed by atoms with Gasteiger partial charge in [-0.15, -0.1) is 0 Å². The summed E-state index contributed by atoms with van der Waals surface area (Å²) in [4.78, 5) is 14.6. The van der Waals surface area contributed by atoms with E-state index in [0.717, 1.165) is 36.3 Å². The van der Waals surface area contributed by atoms with Crippen LogP contribution in [0.4, 0.5) is 0 Å². The van der Waals surface area contributed by atoms with Crippen LogP contribution in [-0.2, 0) is 0 Å². The van der Waals surface area contributed by atoms with Crippen molar-refractivity contribution in [2.24, 2.45) is 0 Å². The summed E-state index contributed by atoms with van der Waals surface area (Å²) in [5.74, 6) is 0.718. The van der Waals surface area contributed by atoms with E-state index < -0.39 is 0 Å². The molecule has 4 heteroatoms. The van der Waals surface area contributed by atoms with Gasteiger partial charge in [-0.2, -0.15) is 0 Å². The van der Waals surface area contributed by atoms with E-state index in [-0.39, 0.29) is 5.63 Å². The predicted molar refractivity (Wildman–Crippen MR) is 101 cm³/mol. The average molecular weight is 337 g/mol. The normalized spacial score (nSPS) is 11.2. The Labute approximate surface area is 147 Å². The fraction of sp³-hybridized carbons (Fsp3) is 0.286. The van der Waals surface area contributed by atoms with E-state index in [1.807, 2.05) is 48.5 Å². The van der Waals surface area contributed by atoms with Gasteiger partial charge in [-0.05, 0) is 36.9 Å². The molecule has 1 heterocycles. The van der Waals surface area contributed by atoms with Gasteiger partial charge < -0.3 is 14.1 Å². The summed E-state index contributed by atoms with van der Waals surface area (Å²) < 4.78 is 11.3. The highest BCUT2D eigenvalue weighted by Gasteiger charge is 2.08. The molecule has 2 aromatic carbocycles. The zero-order valence-electron chi connectivity index (χ0n) is 14.7. The molecule has 1 aromatic heterocycles. The molecule has 0 radical (unpaired) electrons. The van der Waals surface area contributed by atoms with Crippen molar-refractivity contribution in [3.8, 4) is 16.9 Å². The summed E-state index contributed by atoms with van der Waals surface area (Å²) in [5.41, 5.74) is 1.64. The summed E-state index contributed by atoms with van der Waals surface area (Å²) in [6, 6.07) is 17.1. The molecule has 0 saturated heterocycles. The monoisotopic (exact) mass is 337 g/mol. The van der Waals surface area contributed by atoms with Crippen LogP contribution in [0.1, 0.15) is 13.8 Å². The Morgan fingerprint density at radius 2 is 1.76 bits per heavy atom. The van der Waals surface area contributed by atoms with Crippen LogP contribution >= 0.6 is 0 Å². The lowest BCUT2D eigenvalue weighted by Gasteiger charge is -2.18. The number of ether oxygens (including phenoxy) is 1. The predicted octanol–water partition coefficient (Wildman–Crippen LogP) is 4.18. The van der Waals surface area contributed by atoms with E-state index in [9.17, 15) is 4.79 Å². The van der Waals surface area contributed by atoms with E-state index in [1.54, 1.807) is 6.07 Å². The van der Waals surface area contributed by atoms with Crippen LogP contribution in [0, 0.1) is 0 Å². The minimum atomic E-state index is -0.334. The van der Waals surface area contributed by atoms with Gasteiger partial charge in [0.15, 0.2) is 0 Å². The SMILES string of the molecule is CCN(CC)CCOc1ccc2cc(-c3ccccc3)c(=O)oc2c1. The second-order valence-corrected chi connectivity index (χ2v) is 5.89. The van der Waals surface area contributed by atoms with Crippen molar-refractivity contribution in [2.75, 3.05) is 26.2 Å². The summed E-state index contributed by atoms with van der Waals surface area (Å²) >= 11 is 0. The molecular weight excluding hydrogens is 314 g/mol. The van der Waals surface area contributed by atoms with Crippen LogP contribution in [0.3, 0.4) is 0 Å². The van der Waals surface area contributed by atoms with Crippen molar-refractivity contribution in [3.05, 3.63) is 65.0 Å². The zero-order chi connectivity index (χ0) is 17.6. The first-order valence-electron chi connectivity index (χ1n) is 8.69. The van der Waals surface area contributed by atoms with Gasteiger partial charge in [0.2, 0.25) is 0 Å². The third kappa shape index (κ3) is 4.09. The fourth-order valence-electron chi connectivity index (χ4n) is 2.83. The lowest BCUT2D eigenvalue weighted by molar-refractivity contribution is 0.223. The van der Waals surface area contributed by atoms with Crippen molar-refractivity contribution in [1.29, 1.82) is 0 Å². The molecule has 0 aliphatic heterocycles. The summed E-state index contributed by atoms with van der Waals surface area (Å²) in [6.45, 7) is 7.78. The molecule has 0 bridgehead atoms. The maximum atomic E-state index is 12.3. The maximum absolute atomic E-state index is 12.3. The van der Waals surface area contributed by atoms with Gasteiger partial charge in [0.1, 0.15) is 17.9 Å². The number of likely N-dealkylation sites (N-methyl/N-ethyl adjacent to an activating group) is 1. The number of fused-ring (bicyclic) bond motifs is 1. The molecule has 0 N–H and O–H groups in total. The topological polar surface area (TPSA) is 42.7 Å². The number of rotatable bonds is 7. The first-order valence-corrected chi connectivity index (χ1v) is 8.69. The second kappa shape index (κ2) is 7.99. The van der Waals surface area contributed by atoms with Gasteiger partial charge in [-0.25, -0.2) is 4.79 Å². The van der Waals surface area contributed by atoms with Gasteiger partial charge in [-0.1, -0.05) is 44.2 Å². The van der Waals surface area contributed by atoms with Crippen LogP contribution in [-0.4, -0.2) is 31.1 Å². The van der Waals surface area contributed by atoms with Gasteiger partial charge in [-0.3, -0.25) is 0 Å². The fourth-order valence-corrected chi connectivity index (χ4v) is 2.83. The summed E-state index contributed by atoms with van der Waals surface area (Å²) in [7, 11) is 0. The Bertz CT molecular complexity index is 883. The van der Waals surface area contributed by atoms with E-state index in [1.165, 1.54) is 0 Å². The summed E-state index contributed by atoms with van der Waals surface area (Å²) in [5, 5.41) is 0.884. The molecule has 0 fully saturated rings. The summed E-state index contributed by atoms with van der Waals surface area (Å²) in [6.07, 6.45) is 0. The third-order valence-electron chi connectivity index (χ3n) is 4.36. The van der Waals surface area contributed by atoms with Crippen molar-refractivity contribution < 1.29 is 9.15 Å². The van der Waals surface area contributed by atoms with E-state index in [4.69, 9.17) is 9.15 Å². The van der Waals surface area contributed by atoms with Gasteiger partial charge in [0, 0.05) is 18.0 Å². The maximum Gasteiger partial charge on any atom is 0.344 e. The molecule has 130 valence electrons. The van der Waals surface area contributed by atoms with Gasteiger partial charge >= 0.3 is 5.63 Å². The molecule has 0 saturated carbocycles. The molecule has 0 atom stereocenters. The highest BCUT2D eigenvalue weighted by atomic mass is 16.5. The van der Waals surface area contributed by atoms with Gasteiger partial charge in [0.25, 0.3) is 0 Å². The second-order valence-electron chi connectivity index (χ2n) is 5.89. The molecule has 0 aliphatic rings. The van der Waals surface area contributed by atoms with Crippen LogP contribution in [0.15, 0.2) is 63.8 Å². The number of nitrogens with zero attached hydrogens (tertiary/aromatic N) is 1. The zero-order valence-corrected chi connectivity index (χ0v) is 14.7. The highest BCUT2D eigenvalue weighted by molar-refractivity contribution is 5.82. The number of hydrogen-bond donors (Lipinski definition) is 0. The molecule has 0 unspecified atom stereocenters. The minimum Gasteiger partial charge on any atom is -0.492 e. The Hall–Kier alpha value is -2.59. The lowest BCUT2D eigenvalue weighted by Crippen LogP contribution is -2.27. The first kappa shape index (κ1) is 17.2. The largest absolute Gasteiger partial charge is 0.492 e.